The lowest BCUT2D eigenvalue weighted by Crippen LogP contribution is -2.58. The van der Waals surface area contributed by atoms with Crippen LogP contribution in [0.3, 0.4) is 0 Å². The molecule has 0 spiro atoms. The molecule has 0 aliphatic carbocycles. The van der Waals surface area contributed by atoms with E-state index >= 15 is 0 Å². The van der Waals surface area contributed by atoms with Gasteiger partial charge in [-0.1, -0.05) is 0 Å². The number of hydrogen-bond donors (Lipinski definition) is 2. The lowest BCUT2D eigenvalue weighted by atomic mass is 10.1. The molecule has 2 rings (SSSR count). The maximum atomic E-state index is 12.2. The van der Waals surface area contributed by atoms with Gasteiger partial charge in [0.25, 0.3) is 5.91 Å². The molecule has 3 N–H and O–H groups in total. The number of primary amides is 1. The summed E-state index contributed by atoms with van der Waals surface area (Å²) >= 11 is 0. The Balaban J connectivity index is 2.23. The van der Waals surface area contributed by atoms with E-state index < -0.39 is 11.9 Å². The largest absolute Gasteiger partial charge is 0.368 e. The van der Waals surface area contributed by atoms with Gasteiger partial charge in [-0.15, -0.1) is 0 Å². The molecule has 1 atom stereocenters. The van der Waals surface area contributed by atoms with E-state index in [1.807, 2.05) is 0 Å². The molecule has 1 unspecified atom stereocenters. The first-order chi connectivity index (χ1) is 8.11. The molecule has 1 fully saturated rings. The predicted octanol–water partition coefficient (Wildman–Crippen LogP) is -1.68. The Kier molecular flexibility index (Phi) is 3.10. The quantitative estimate of drug-likeness (QED) is 0.642. The number of piperazine rings is 1. The summed E-state index contributed by atoms with van der Waals surface area (Å²) in [4.78, 5) is 25.0. The highest BCUT2D eigenvalue weighted by Gasteiger charge is 2.32. The zero-order valence-electron chi connectivity index (χ0n) is 9.59. The van der Waals surface area contributed by atoms with Gasteiger partial charge < -0.3 is 16.0 Å². The van der Waals surface area contributed by atoms with Crippen LogP contribution in [0.2, 0.25) is 0 Å². The van der Waals surface area contributed by atoms with Gasteiger partial charge in [0.05, 0.1) is 0 Å². The Labute approximate surface area is 98.6 Å². The fraction of sp³-hybridized carbons (Fsp3) is 0.500. The molecule has 1 aromatic rings. The molecule has 2 amide bonds. The SMILES string of the molecule is Cn1nccc1C(=O)N1CCNCC1C(N)=O. The molecule has 7 heteroatoms. The second-order valence-electron chi connectivity index (χ2n) is 3.96. The summed E-state index contributed by atoms with van der Waals surface area (Å²) in [5.74, 6) is -0.706. The van der Waals surface area contributed by atoms with Gasteiger partial charge in [-0.3, -0.25) is 14.3 Å². The van der Waals surface area contributed by atoms with Crippen LogP contribution < -0.4 is 11.1 Å². The van der Waals surface area contributed by atoms with Crippen LogP contribution in [0.1, 0.15) is 10.5 Å². The van der Waals surface area contributed by atoms with Crippen molar-refractivity contribution in [1.82, 2.24) is 20.0 Å². The second kappa shape index (κ2) is 4.54. The molecule has 2 heterocycles. The molecule has 0 saturated carbocycles. The molecule has 0 aromatic carbocycles. The van der Waals surface area contributed by atoms with Crippen molar-refractivity contribution in [2.75, 3.05) is 19.6 Å². The number of nitrogens with zero attached hydrogens (tertiary/aromatic N) is 3. The molecular weight excluding hydrogens is 222 g/mol. The van der Waals surface area contributed by atoms with Crippen molar-refractivity contribution in [2.24, 2.45) is 12.8 Å². The second-order valence-corrected chi connectivity index (χ2v) is 3.96. The number of hydrogen-bond acceptors (Lipinski definition) is 4. The zero-order chi connectivity index (χ0) is 12.4. The van der Waals surface area contributed by atoms with Gasteiger partial charge in [-0.25, -0.2) is 0 Å². The molecule has 1 aliphatic heterocycles. The van der Waals surface area contributed by atoms with Crippen LogP contribution in [0.15, 0.2) is 12.3 Å². The maximum Gasteiger partial charge on any atom is 0.272 e. The molecule has 17 heavy (non-hydrogen) atoms. The first kappa shape index (κ1) is 11.6. The minimum atomic E-state index is -0.592. The van der Waals surface area contributed by atoms with Crippen molar-refractivity contribution in [3.63, 3.8) is 0 Å². The van der Waals surface area contributed by atoms with Crippen LogP contribution in [0.5, 0.6) is 0 Å². The van der Waals surface area contributed by atoms with E-state index in [-0.39, 0.29) is 5.91 Å². The predicted molar refractivity (Wildman–Crippen MR) is 60.1 cm³/mol. The third kappa shape index (κ3) is 2.14. The van der Waals surface area contributed by atoms with Crippen molar-refractivity contribution < 1.29 is 9.59 Å². The minimum Gasteiger partial charge on any atom is -0.368 e. The summed E-state index contributed by atoms with van der Waals surface area (Å²) in [5.41, 5.74) is 5.75. The Hall–Kier alpha value is -1.89. The van der Waals surface area contributed by atoms with E-state index in [0.29, 0.717) is 25.3 Å². The van der Waals surface area contributed by atoms with Crippen molar-refractivity contribution in [2.45, 2.75) is 6.04 Å². The first-order valence-corrected chi connectivity index (χ1v) is 5.40. The highest BCUT2D eigenvalue weighted by Crippen LogP contribution is 2.09. The van der Waals surface area contributed by atoms with Crippen LogP contribution in [0, 0.1) is 0 Å². The van der Waals surface area contributed by atoms with E-state index in [0.717, 1.165) is 0 Å². The summed E-state index contributed by atoms with van der Waals surface area (Å²) in [6.07, 6.45) is 1.55. The molecule has 1 aromatic heterocycles. The average molecular weight is 237 g/mol. The smallest absolute Gasteiger partial charge is 0.272 e. The van der Waals surface area contributed by atoms with Gasteiger partial charge in [0.2, 0.25) is 5.91 Å². The molecule has 7 nitrogen and oxygen atoms in total. The number of aryl methyl sites for hydroxylation is 1. The van der Waals surface area contributed by atoms with E-state index in [2.05, 4.69) is 10.4 Å². The normalized spacial score (nSPS) is 20.3. The van der Waals surface area contributed by atoms with Crippen molar-refractivity contribution in [3.05, 3.63) is 18.0 Å². The molecule has 92 valence electrons. The van der Waals surface area contributed by atoms with Crippen molar-refractivity contribution in [3.8, 4) is 0 Å². The third-order valence-corrected chi connectivity index (χ3v) is 2.87. The van der Waals surface area contributed by atoms with E-state index in [4.69, 9.17) is 5.73 Å². The summed E-state index contributed by atoms with van der Waals surface area (Å²) in [5, 5.41) is 6.98. The summed E-state index contributed by atoms with van der Waals surface area (Å²) < 4.78 is 1.49. The van der Waals surface area contributed by atoms with E-state index in [1.54, 1.807) is 19.3 Å². The standard InChI is InChI=1S/C10H15N5O2/c1-14-7(2-3-13-14)10(17)15-5-4-12-6-8(15)9(11)16/h2-3,8,12H,4-6H2,1H3,(H2,11,16). The van der Waals surface area contributed by atoms with Gasteiger partial charge in [0, 0.05) is 32.9 Å². The van der Waals surface area contributed by atoms with Crippen molar-refractivity contribution >= 4 is 11.8 Å². The van der Waals surface area contributed by atoms with Gasteiger partial charge in [-0.2, -0.15) is 5.10 Å². The van der Waals surface area contributed by atoms with Crippen LogP contribution in [-0.2, 0) is 11.8 Å². The number of amides is 2. The fourth-order valence-electron chi connectivity index (χ4n) is 1.93. The highest BCUT2D eigenvalue weighted by molar-refractivity contribution is 5.96. The Morgan fingerprint density at radius 2 is 2.35 bits per heavy atom. The maximum absolute atomic E-state index is 12.2. The zero-order valence-corrected chi connectivity index (χ0v) is 9.59. The lowest BCUT2D eigenvalue weighted by molar-refractivity contribution is -0.122. The molecule has 1 aliphatic rings. The Morgan fingerprint density at radius 3 is 2.94 bits per heavy atom. The van der Waals surface area contributed by atoms with Crippen LogP contribution >= 0.6 is 0 Å². The topological polar surface area (TPSA) is 93.2 Å². The summed E-state index contributed by atoms with van der Waals surface area (Å²) in [6.45, 7) is 1.53. The van der Waals surface area contributed by atoms with Crippen LogP contribution in [-0.4, -0.2) is 52.2 Å². The van der Waals surface area contributed by atoms with Gasteiger partial charge in [-0.05, 0) is 6.07 Å². The number of carbonyl (C=O) groups is 2. The number of nitrogens with one attached hydrogen (secondary N) is 1. The first-order valence-electron chi connectivity index (χ1n) is 5.40. The van der Waals surface area contributed by atoms with Gasteiger partial charge in [0.1, 0.15) is 11.7 Å². The van der Waals surface area contributed by atoms with Gasteiger partial charge >= 0.3 is 0 Å². The number of nitrogens with two attached hydrogens (primary N) is 1. The average Bonchev–Trinajstić information content (AvgIpc) is 2.74. The Bertz CT molecular complexity index is 442. The molecule has 1 saturated heterocycles. The van der Waals surface area contributed by atoms with Crippen LogP contribution in [0.4, 0.5) is 0 Å². The Morgan fingerprint density at radius 1 is 1.59 bits per heavy atom. The molecular formula is C10H15N5O2. The molecule has 0 bridgehead atoms. The number of aromatic nitrogens is 2. The molecule has 0 radical (unpaired) electrons. The van der Waals surface area contributed by atoms with E-state index in [9.17, 15) is 9.59 Å². The number of carbonyl (C=O) groups excluding carboxylic acids is 2. The third-order valence-electron chi connectivity index (χ3n) is 2.87. The van der Waals surface area contributed by atoms with Gasteiger partial charge in [0.15, 0.2) is 0 Å². The number of rotatable bonds is 2. The summed E-state index contributed by atoms with van der Waals surface area (Å²) in [6, 6.07) is 1.04. The van der Waals surface area contributed by atoms with Crippen LogP contribution in [0.25, 0.3) is 0 Å². The lowest BCUT2D eigenvalue weighted by Gasteiger charge is -2.34. The minimum absolute atomic E-state index is 0.213. The van der Waals surface area contributed by atoms with E-state index in [1.165, 1.54) is 9.58 Å². The fourth-order valence-corrected chi connectivity index (χ4v) is 1.93. The highest BCUT2D eigenvalue weighted by atomic mass is 16.2. The van der Waals surface area contributed by atoms with Crippen molar-refractivity contribution in [1.29, 1.82) is 0 Å². The monoisotopic (exact) mass is 237 g/mol. The summed E-state index contributed by atoms with van der Waals surface area (Å²) in [7, 11) is 1.69.